The van der Waals surface area contributed by atoms with Crippen LogP contribution in [0, 0.1) is 11.6 Å². The van der Waals surface area contributed by atoms with E-state index in [2.05, 4.69) is 6.92 Å². The highest BCUT2D eigenvalue weighted by molar-refractivity contribution is 5.71. The lowest BCUT2D eigenvalue weighted by molar-refractivity contribution is 0.497. The van der Waals surface area contributed by atoms with E-state index in [0.717, 1.165) is 24.0 Å². The van der Waals surface area contributed by atoms with Gasteiger partial charge in [-0.05, 0) is 35.1 Å². The summed E-state index contributed by atoms with van der Waals surface area (Å²) in [5.74, 6) is -1.43. The number of hydrogen-bond donors (Lipinski definition) is 0. The van der Waals surface area contributed by atoms with Crippen LogP contribution >= 0.6 is 0 Å². The lowest BCUT2D eigenvalue weighted by Crippen LogP contribution is -1.98. The maximum atomic E-state index is 14.7. The van der Waals surface area contributed by atoms with Gasteiger partial charge >= 0.3 is 0 Å². The monoisotopic (exact) mass is 406 g/mol. The molecule has 2 heteroatoms. The van der Waals surface area contributed by atoms with Crippen LogP contribution in [0.15, 0.2) is 66.7 Å². The van der Waals surface area contributed by atoms with Gasteiger partial charge in [-0.15, -0.1) is 0 Å². The third kappa shape index (κ3) is 6.01. The summed E-state index contributed by atoms with van der Waals surface area (Å²) in [6.45, 7) is 2.22. The molecule has 3 aromatic rings. The van der Waals surface area contributed by atoms with E-state index in [9.17, 15) is 8.78 Å². The maximum absolute atomic E-state index is 14.7. The lowest BCUT2D eigenvalue weighted by Gasteiger charge is -2.10. The van der Waals surface area contributed by atoms with Crippen molar-refractivity contribution < 1.29 is 8.78 Å². The van der Waals surface area contributed by atoms with Crippen molar-refractivity contribution in [2.24, 2.45) is 0 Å². The molecule has 0 saturated heterocycles. The van der Waals surface area contributed by atoms with Crippen molar-refractivity contribution in [2.75, 3.05) is 0 Å². The van der Waals surface area contributed by atoms with Crippen molar-refractivity contribution in [3.8, 4) is 22.3 Å². The highest BCUT2D eigenvalue weighted by atomic mass is 19.2. The molecule has 0 fully saturated rings. The number of unbranched alkanes of at least 4 members (excludes halogenated alkanes) is 7. The van der Waals surface area contributed by atoms with Gasteiger partial charge in [0.2, 0.25) is 0 Å². The molecular formula is C28H32F2. The molecule has 0 heterocycles. The summed E-state index contributed by atoms with van der Waals surface area (Å²) in [5, 5.41) is 0. The molecule has 0 aromatic heterocycles. The molecule has 158 valence electrons. The molecule has 0 aliphatic rings. The molecule has 0 N–H and O–H groups in total. The molecule has 0 radical (unpaired) electrons. The van der Waals surface area contributed by atoms with E-state index < -0.39 is 11.6 Å². The Bertz CT molecular complexity index is 898. The Labute approximate surface area is 180 Å². The van der Waals surface area contributed by atoms with Crippen LogP contribution < -0.4 is 0 Å². The summed E-state index contributed by atoms with van der Waals surface area (Å²) in [4.78, 5) is 0. The fraction of sp³-hybridized carbons (Fsp3) is 0.357. The molecule has 3 rings (SSSR count). The summed E-state index contributed by atoms with van der Waals surface area (Å²) in [6, 6.07) is 21.1. The smallest absolute Gasteiger partial charge is 0.166 e. The standard InChI is InChI=1S/C28H32F2/c1-2-3-4-5-6-7-8-10-15-25-20-21-26(28(30)27(25)29)24-18-16-23(17-19-24)22-13-11-9-12-14-22/h9,11-14,16-21H,2-8,10,15H2,1H3. The minimum absolute atomic E-state index is 0.326. The molecule has 0 aliphatic carbocycles. The predicted molar refractivity (Wildman–Crippen MR) is 124 cm³/mol. The Morgan fingerprint density at radius 3 is 1.77 bits per heavy atom. The second-order valence-corrected chi connectivity index (χ2v) is 8.07. The summed E-state index contributed by atoms with van der Waals surface area (Å²) in [7, 11) is 0. The van der Waals surface area contributed by atoms with Gasteiger partial charge in [0.1, 0.15) is 0 Å². The van der Waals surface area contributed by atoms with Gasteiger partial charge < -0.3 is 0 Å². The second kappa shape index (κ2) is 11.6. The zero-order chi connectivity index (χ0) is 21.2. The average molecular weight is 407 g/mol. The largest absolute Gasteiger partial charge is 0.203 e. The molecule has 3 aromatic carbocycles. The fourth-order valence-corrected chi connectivity index (χ4v) is 3.93. The highest BCUT2D eigenvalue weighted by Gasteiger charge is 2.14. The minimum Gasteiger partial charge on any atom is -0.203 e. The van der Waals surface area contributed by atoms with Crippen molar-refractivity contribution in [3.05, 3.63) is 83.9 Å². The predicted octanol–water partition coefficient (Wildman–Crippen LogP) is 8.98. The van der Waals surface area contributed by atoms with Crippen LogP contribution in [0.25, 0.3) is 22.3 Å². The van der Waals surface area contributed by atoms with E-state index in [1.807, 2.05) is 54.6 Å². The summed E-state index contributed by atoms with van der Waals surface area (Å²) in [5.41, 5.74) is 3.68. The van der Waals surface area contributed by atoms with Gasteiger partial charge in [0.25, 0.3) is 0 Å². The zero-order valence-electron chi connectivity index (χ0n) is 18.0. The Hall–Kier alpha value is -2.48. The lowest BCUT2D eigenvalue weighted by atomic mass is 9.97. The van der Waals surface area contributed by atoms with Gasteiger partial charge in [0.05, 0.1) is 0 Å². The molecule has 0 unspecified atom stereocenters. The third-order valence-corrected chi connectivity index (χ3v) is 5.76. The van der Waals surface area contributed by atoms with Crippen molar-refractivity contribution in [1.82, 2.24) is 0 Å². The zero-order valence-corrected chi connectivity index (χ0v) is 18.0. The minimum atomic E-state index is -0.737. The number of benzene rings is 3. The summed E-state index contributed by atoms with van der Waals surface area (Å²) >= 11 is 0. The van der Waals surface area contributed by atoms with E-state index in [4.69, 9.17) is 0 Å². The van der Waals surface area contributed by atoms with Crippen LogP contribution in [0.1, 0.15) is 63.9 Å². The number of aryl methyl sites for hydroxylation is 1. The van der Waals surface area contributed by atoms with Gasteiger partial charge in [-0.3, -0.25) is 0 Å². The van der Waals surface area contributed by atoms with Gasteiger partial charge in [-0.1, -0.05) is 119 Å². The quantitative estimate of drug-likeness (QED) is 0.279. The Balaban J connectivity index is 1.58. The summed E-state index contributed by atoms with van der Waals surface area (Å²) in [6.07, 6.45) is 10.2. The van der Waals surface area contributed by atoms with Crippen LogP contribution in [0.3, 0.4) is 0 Å². The molecule has 0 bridgehead atoms. The molecule has 30 heavy (non-hydrogen) atoms. The highest BCUT2D eigenvalue weighted by Crippen LogP contribution is 2.29. The topological polar surface area (TPSA) is 0 Å². The first-order chi connectivity index (χ1) is 14.7. The van der Waals surface area contributed by atoms with E-state index in [0.29, 0.717) is 23.1 Å². The second-order valence-electron chi connectivity index (χ2n) is 8.07. The molecular weight excluding hydrogens is 374 g/mol. The Kier molecular flexibility index (Phi) is 8.62. The normalized spacial score (nSPS) is 11.0. The Morgan fingerprint density at radius 1 is 0.533 bits per heavy atom. The van der Waals surface area contributed by atoms with E-state index in [-0.39, 0.29) is 0 Å². The van der Waals surface area contributed by atoms with Gasteiger partial charge in [-0.2, -0.15) is 0 Å². The van der Waals surface area contributed by atoms with Gasteiger partial charge in [0, 0.05) is 5.56 Å². The third-order valence-electron chi connectivity index (χ3n) is 5.76. The fourth-order valence-electron chi connectivity index (χ4n) is 3.93. The number of hydrogen-bond acceptors (Lipinski definition) is 0. The van der Waals surface area contributed by atoms with E-state index >= 15 is 0 Å². The van der Waals surface area contributed by atoms with Crippen LogP contribution in [0.2, 0.25) is 0 Å². The molecule has 0 spiro atoms. The van der Waals surface area contributed by atoms with Crippen molar-refractivity contribution >= 4 is 0 Å². The van der Waals surface area contributed by atoms with Gasteiger partial charge in [-0.25, -0.2) is 8.78 Å². The van der Waals surface area contributed by atoms with Crippen molar-refractivity contribution in [1.29, 1.82) is 0 Å². The van der Waals surface area contributed by atoms with Crippen LogP contribution in [0.4, 0.5) is 8.78 Å². The van der Waals surface area contributed by atoms with Crippen LogP contribution in [0.5, 0.6) is 0 Å². The molecule has 0 saturated carbocycles. The number of halogens is 2. The number of rotatable bonds is 11. The van der Waals surface area contributed by atoms with E-state index in [1.54, 1.807) is 12.1 Å². The summed E-state index contributed by atoms with van der Waals surface area (Å²) < 4.78 is 29.4. The van der Waals surface area contributed by atoms with Crippen molar-refractivity contribution in [3.63, 3.8) is 0 Å². The first-order valence-corrected chi connectivity index (χ1v) is 11.3. The first kappa shape index (κ1) is 22.2. The van der Waals surface area contributed by atoms with E-state index in [1.165, 1.54) is 38.5 Å². The average Bonchev–Trinajstić information content (AvgIpc) is 2.79. The molecule has 0 nitrogen and oxygen atoms in total. The Morgan fingerprint density at radius 2 is 1.10 bits per heavy atom. The van der Waals surface area contributed by atoms with Crippen LogP contribution in [-0.2, 0) is 6.42 Å². The molecule has 0 amide bonds. The molecule has 0 aliphatic heterocycles. The van der Waals surface area contributed by atoms with Crippen molar-refractivity contribution in [2.45, 2.75) is 64.7 Å². The molecule has 0 atom stereocenters. The maximum Gasteiger partial charge on any atom is 0.166 e. The van der Waals surface area contributed by atoms with Crippen LogP contribution in [-0.4, -0.2) is 0 Å². The SMILES string of the molecule is CCCCCCCCCCc1ccc(-c2ccc(-c3ccccc3)cc2)c(F)c1F. The van der Waals surface area contributed by atoms with Gasteiger partial charge in [0.15, 0.2) is 11.6 Å². The first-order valence-electron chi connectivity index (χ1n) is 11.3.